The number of fused-ring (bicyclic) bond motifs is 9. The third-order valence-corrected chi connectivity index (χ3v) is 11.9. The SMILES string of the molecule is C1=CCC2C3=CCCC=C3c3ccc(-c4ccc5cc(-c6c7ccccc7c(-c7ccccn7)c7cc(-c8ccccc8)ccc67)ccc5c4)cc3C2=C1. The van der Waals surface area contributed by atoms with Crippen molar-refractivity contribution in [2.45, 2.75) is 19.3 Å². The molecule has 0 N–H and O–H groups in total. The molecular weight excluding hydrogens is 651 g/mol. The van der Waals surface area contributed by atoms with Gasteiger partial charge in [-0.05, 0) is 149 Å². The second-order valence-corrected chi connectivity index (χ2v) is 14.9. The van der Waals surface area contributed by atoms with Crippen molar-refractivity contribution in [2.24, 2.45) is 5.92 Å². The summed E-state index contributed by atoms with van der Waals surface area (Å²) in [5, 5.41) is 7.38. The van der Waals surface area contributed by atoms with Gasteiger partial charge in [0, 0.05) is 17.7 Å². The summed E-state index contributed by atoms with van der Waals surface area (Å²) in [6.45, 7) is 0. The lowest BCUT2D eigenvalue weighted by Crippen LogP contribution is -2.18. The Balaban J connectivity index is 1.06. The minimum absolute atomic E-state index is 0.467. The Morgan fingerprint density at radius 3 is 2.00 bits per heavy atom. The fourth-order valence-electron chi connectivity index (χ4n) is 9.36. The number of nitrogens with zero attached hydrogens (tertiary/aromatic N) is 1. The summed E-state index contributed by atoms with van der Waals surface area (Å²) in [7, 11) is 0. The van der Waals surface area contributed by atoms with E-state index in [9.17, 15) is 0 Å². The predicted molar refractivity (Wildman–Crippen MR) is 229 cm³/mol. The predicted octanol–water partition coefficient (Wildman–Crippen LogP) is 14.3. The van der Waals surface area contributed by atoms with Crippen molar-refractivity contribution in [3.63, 3.8) is 0 Å². The number of hydrogen-bond donors (Lipinski definition) is 0. The number of hydrogen-bond acceptors (Lipinski definition) is 1. The average Bonchev–Trinajstić information content (AvgIpc) is 3.25. The molecule has 254 valence electrons. The van der Waals surface area contributed by atoms with Crippen LogP contribution in [0, 0.1) is 5.92 Å². The van der Waals surface area contributed by atoms with Crippen molar-refractivity contribution < 1.29 is 0 Å². The van der Waals surface area contributed by atoms with Crippen LogP contribution in [0.15, 0.2) is 188 Å². The van der Waals surface area contributed by atoms with Gasteiger partial charge < -0.3 is 0 Å². The van der Waals surface area contributed by atoms with Gasteiger partial charge in [-0.2, -0.15) is 0 Å². The molecule has 0 amide bonds. The molecule has 0 fully saturated rings. The monoisotopic (exact) mass is 687 g/mol. The van der Waals surface area contributed by atoms with Gasteiger partial charge in [0.05, 0.1) is 5.69 Å². The van der Waals surface area contributed by atoms with Crippen molar-refractivity contribution in [1.82, 2.24) is 4.98 Å². The highest BCUT2D eigenvalue weighted by Crippen LogP contribution is 2.51. The van der Waals surface area contributed by atoms with Crippen LogP contribution in [-0.4, -0.2) is 4.98 Å². The van der Waals surface area contributed by atoms with Crippen LogP contribution in [0.25, 0.3) is 88.1 Å². The lowest BCUT2D eigenvalue weighted by molar-refractivity contribution is 0.786. The molecule has 0 radical (unpaired) electrons. The van der Waals surface area contributed by atoms with Gasteiger partial charge in [-0.15, -0.1) is 0 Å². The van der Waals surface area contributed by atoms with E-state index in [1.165, 1.54) is 99.1 Å². The van der Waals surface area contributed by atoms with Crippen LogP contribution in [0.2, 0.25) is 0 Å². The molecule has 1 atom stereocenters. The molecule has 3 aliphatic carbocycles. The van der Waals surface area contributed by atoms with Gasteiger partial charge in [0.25, 0.3) is 0 Å². The van der Waals surface area contributed by atoms with E-state index in [4.69, 9.17) is 4.98 Å². The minimum Gasteiger partial charge on any atom is -0.256 e. The molecule has 11 rings (SSSR count). The van der Waals surface area contributed by atoms with Crippen LogP contribution < -0.4 is 0 Å². The Labute approximate surface area is 316 Å². The van der Waals surface area contributed by atoms with E-state index in [1.54, 1.807) is 0 Å². The first-order valence-corrected chi connectivity index (χ1v) is 19.2. The summed E-state index contributed by atoms with van der Waals surface area (Å²) < 4.78 is 0. The molecule has 1 aromatic heterocycles. The summed E-state index contributed by atoms with van der Waals surface area (Å²) >= 11 is 0. The quantitative estimate of drug-likeness (QED) is 0.168. The second kappa shape index (κ2) is 12.5. The largest absolute Gasteiger partial charge is 0.256 e. The van der Waals surface area contributed by atoms with Gasteiger partial charge in [-0.25, -0.2) is 0 Å². The van der Waals surface area contributed by atoms with E-state index in [1.807, 2.05) is 12.3 Å². The van der Waals surface area contributed by atoms with Gasteiger partial charge in [0.15, 0.2) is 0 Å². The zero-order chi connectivity index (χ0) is 35.6. The fraction of sp³-hybridized carbons (Fsp3) is 0.0755. The first-order valence-electron chi connectivity index (χ1n) is 19.2. The molecule has 1 heteroatoms. The summed E-state index contributed by atoms with van der Waals surface area (Å²) in [4.78, 5) is 4.88. The van der Waals surface area contributed by atoms with E-state index >= 15 is 0 Å². The molecule has 0 saturated heterocycles. The summed E-state index contributed by atoms with van der Waals surface area (Å²) in [5.74, 6) is 0.467. The van der Waals surface area contributed by atoms with Crippen LogP contribution in [-0.2, 0) is 0 Å². The molecule has 1 heterocycles. The minimum atomic E-state index is 0.467. The summed E-state index contributed by atoms with van der Waals surface area (Å²) in [6.07, 6.45) is 17.1. The van der Waals surface area contributed by atoms with E-state index in [2.05, 4.69) is 170 Å². The zero-order valence-corrected chi connectivity index (χ0v) is 30.0. The molecule has 3 aliphatic rings. The highest BCUT2D eigenvalue weighted by Gasteiger charge is 2.32. The molecule has 0 aliphatic heterocycles. The van der Waals surface area contributed by atoms with Crippen LogP contribution in [0.5, 0.6) is 0 Å². The highest BCUT2D eigenvalue weighted by molar-refractivity contribution is 6.22. The van der Waals surface area contributed by atoms with Crippen molar-refractivity contribution in [1.29, 1.82) is 0 Å². The first-order chi connectivity index (χ1) is 26.8. The average molecular weight is 688 g/mol. The maximum Gasteiger partial charge on any atom is 0.0714 e. The van der Waals surface area contributed by atoms with Crippen LogP contribution in [0.4, 0.5) is 0 Å². The fourth-order valence-corrected chi connectivity index (χ4v) is 9.36. The van der Waals surface area contributed by atoms with Gasteiger partial charge in [0.2, 0.25) is 0 Å². The van der Waals surface area contributed by atoms with Crippen LogP contribution in [0.3, 0.4) is 0 Å². The molecule has 54 heavy (non-hydrogen) atoms. The molecule has 0 bridgehead atoms. The molecular formula is C53H37N. The lowest BCUT2D eigenvalue weighted by atomic mass is 9.68. The van der Waals surface area contributed by atoms with Crippen LogP contribution in [0.1, 0.15) is 30.4 Å². The number of benzene rings is 7. The Hall–Kier alpha value is -6.57. The third kappa shape index (κ3) is 4.96. The maximum atomic E-state index is 4.88. The van der Waals surface area contributed by atoms with E-state index in [0.29, 0.717) is 5.92 Å². The van der Waals surface area contributed by atoms with Crippen LogP contribution >= 0.6 is 0 Å². The molecule has 0 saturated carbocycles. The zero-order valence-electron chi connectivity index (χ0n) is 30.0. The Morgan fingerprint density at radius 2 is 1.15 bits per heavy atom. The smallest absolute Gasteiger partial charge is 0.0714 e. The molecule has 8 aromatic rings. The topological polar surface area (TPSA) is 12.9 Å². The van der Waals surface area contributed by atoms with E-state index in [-0.39, 0.29) is 0 Å². The highest BCUT2D eigenvalue weighted by atomic mass is 14.7. The van der Waals surface area contributed by atoms with Crippen molar-refractivity contribution in [3.05, 3.63) is 199 Å². The third-order valence-electron chi connectivity index (χ3n) is 11.9. The lowest BCUT2D eigenvalue weighted by Gasteiger charge is -2.35. The molecule has 0 spiro atoms. The van der Waals surface area contributed by atoms with Crippen molar-refractivity contribution in [3.8, 4) is 44.6 Å². The van der Waals surface area contributed by atoms with Gasteiger partial charge in [-0.3, -0.25) is 4.98 Å². The second-order valence-electron chi connectivity index (χ2n) is 14.9. The normalized spacial score (nSPS) is 16.0. The standard InChI is InChI=1S/C53H37N/c1-2-12-34(13-3-1)38-26-28-48-50(33-38)53(51-20-10-11-29-54-51)47-19-9-8-18-46(47)52(48)40-24-23-35-30-36(21-22-37(35)31-40)39-25-27-45-43-16-5-4-14-41(43)42-15-6-7-17-44(42)49(45)32-39/h1-3,6-14,16-33,42H,4-5,15H2. The van der Waals surface area contributed by atoms with Gasteiger partial charge in [0.1, 0.15) is 0 Å². The van der Waals surface area contributed by atoms with E-state index in [0.717, 1.165) is 25.0 Å². The number of allylic oxidation sites excluding steroid dienone is 8. The van der Waals surface area contributed by atoms with Gasteiger partial charge in [-0.1, -0.05) is 140 Å². The Morgan fingerprint density at radius 1 is 0.463 bits per heavy atom. The molecule has 1 nitrogen and oxygen atoms in total. The molecule has 7 aromatic carbocycles. The maximum absolute atomic E-state index is 4.88. The molecule has 1 unspecified atom stereocenters. The summed E-state index contributed by atoms with van der Waals surface area (Å²) in [6, 6.07) is 53.8. The number of rotatable bonds is 4. The van der Waals surface area contributed by atoms with E-state index < -0.39 is 0 Å². The summed E-state index contributed by atoms with van der Waals surface area (Å²) in [5.41, 5.74) is 16.8. The first kappa shape index (κ1) is 31.0. The van der Waals surface area contributed by atoms with Crippen molar-refractivity contribution in [2.75, 3.05) is 0 Å². The van der Waals surface area contributed by atoms with Gasteiger partial charge >= 0.3 is 0 Å². The number of aromatic nitrogens is 1. The Kier molecular flexibility index (Phi) is 7.20. The number of pyridine rings is 1. The Bertz CT molecular complexity index is 2940. The van der Waals surface area contributed by atoms with Crippen molar-refractivity contribution >= 4 is 43.5 Å².